The molecule has 0 amide bonds. The molecule has 1 aliphatic heterocycles. The van der Waals surface area contributed by atoms with Gasteiger partial charge >= 0.3 is 0 Å². The molecule has 0 unspecified atom stereocenters. The molecule has 0 atom stereocenters. The molecule has 1 aliphatic rings. The van der Waals surface area contributed by atoms with Gasteiger partial charge in [0.25, 0.3) is 0 Å². The van der Waals surface area contributed by atoms with Crippen molar-refractivity contribution in [3.8, 4) is 0 Å². The van der Waals surface area contributed by atoms with Crippen molar-refractivity contribution in [1.82, 2.24) is 0 Å². The zero-order valence-corrected chi connectivity index (χ0v) is 13.8. The predicted octanol–water partition coefficient (Wildman–Crippen LogP) is 6.93. The SMILES string of the molecule is Clc1cc(Cl)cc(N2c3ccccc3Sc3ccccc32)c1. The molecule has 3 aromatic carbocycles. The standard InChI is InChI=1S/C18H11Cl2NS/c19-12-9-13(20)11-14(10-12)21-15-5-1-3-7-17(15)22-18-8-4-2-6-16(18)21/h1-11H. The van der Waals surface area contributed by atoms with Crippen molar-refractivity contribution in [3.05, 3.63) is 76.8 Å². The van der Waals surface area contributed by atoms with Gasteiger partial charge in [-0.15, -0.1) is 0 Å². The molecular formula is C18H11Cl2NS. The molecular weight excluding hydrogens is 333 g/mol. The highest BCUT2D eigenvalue weighted by atomic mass is 35.5. The summed E-state index contributed by atoms with van der Waals surface area (Å²) in [5.41, 5.74) is 3.26. The van der Waals surface area contributed by atoms with E-state index in [9.17, 15) is 0 Å². The second-order valence-electron chi connectivity index (χ2n) is 5.00. The average Bonchev–Trinajstić information content (AvgIpc) is 2.51. The van der Waals surface area contributed by atoms with Gasteiger partial charge in [-0.1, -0.05) is 59.2 Å². The third-order valence-electron chi connectivity index (χ3n) is 3.54. The van der Waals surface area contributed by atoms with Crippen molar-refractivity contribution in [3.63, 3.8) is 0 Å². The van der Waals surface area contributed by atoms with Gasteiger partial charge in [0.1, 0.15) is 0 Å². The first kappa shape index (κ1) is 14.0. The van der Waals surface area contributed by atoms with E-state index in [1.54, 1.807) is 17.8 Å². The van der Waals surface area contributed by atoms with Crippen molar-refractivity contribution in [2.45, 2.75) is 9.79 Å². The van der Waals surface area contributed by atoms with Gasteiger partial charge in [-0.3, -0.25) is 0 Å². The summed E-state index contributed by atoms with van der Waals surface area (Å²) in [6.45, 7) is 0. The van der Waals surface area contributed by atoms with Crippen LogP contribution in [0.25, 0.3) is 0 Å². The number of rotatable bonds is 1. The Morgan fingerprint density at radius 1 is 0.682 bits per heavy atom. The molecule has 0 radical (unpaired) electrons. The quantitative estimate of drug-likeness (QED) is 0.368. The summed E-state index contributed by atoms with van der Waals surface area (Å²) in [6.07, 6.45) is 0. The van der Waals surface area contributed by atoms with Crippen LogP contribution in [0.5, 0.6) is 0 Å². The van der Waals surface area contributed by atoms with E-state index >= 15 is 0 Å². The molecule has 108 valence electrons. The Kier molecular flexibility index (Phi) is 3.53. The van der Waals surface area contributed by atoms with E-state index in [-0.39, 0.29) is 0 Å². The van der Waals surface area contributed by atoms with Gasteiger partial charge in [-0.2, -0.15) is 0 Å². The molecule has 22 heavy (non-hydrogen) atoms. The van der Waals surface area contributed by atoms with Gasteiger partial charge in [0.05, 0.1) is 11.4 Å². The Morgan fingerprint density at radius 3 is 1.73 bits per heavy atom. The number of benzene rings is 3. The van der Waals surface area contributed by atoms with E-state index in [1.165, 1.54) is 9.79 Å². The van der Waals surface area contributed by atoms with E-state index in [0.29, 0.717) is 10.0 Å². The van der Waals surface area contributed by atoms with Gasteiger partial charge in [0, 0.05) is 25.5 Å². The van der Waals surface area contributed by atoms with Gasteiger partial charge in [-0.05, 0) is 42.5 Å². The van der Waals surface area contributed by atoms with Gasteiger partial charge in [-0.25, -0.2) is 0 Å². The fraction of sp³-hybridized carbons (Fsp3) is 0. The molecule has 0 N–H and O–H groups in total. The lowest BCUT2D eigenvalue weighted by Gasteiger charge is -2.33. The summed E-state index contributed by atoms with van der Waals surface area (Å²) < 4.78 is 0. The van der Waals surface area contributed by atoms with E-state index in [1.807, 2.05) is 24.3 Å². The van der Waals surface area contributed by atoms with Crippen LogP contribution in [0.1, 0.15) is 0 Å². The number of fused-ring (bicyclic) bond motifs is 2. The molecule has 4 heteroatoms. The van der Waals surface area contributed by atoms with Crippen LogP contribution < -0.4 is 4.90 Å². The van der Waals surface area contributed by atoms with Crippen molar-refractivity contribution < 1.29 is 0 Å². The predicted molar refractivity (Wildman–Crippen MR) is 95.3 cm³/mol. The largest absolute Gasteiger partial charge is 0.308 e. The van der Waals surface area contributed by atoms with Crippen LogP contribution in [-0.4, -0.2) is 0 Å². The van der Waals surface area contributed by atoms with Crippen LogP contribution >= 0.6 is 35.0 Å². The Labute approximate surface area is 143 Å². The van der Waals surface area contributed by atoms with Crippen LogP contribution in [0.4, 0.5) is 17.1 Å². The van der Waals surface area contributed by atoms with Gasteiger partial charge in [0.15, 0.2) is 0 Å². The lowest BCUT2D eigenvalue weighted by Crippen LogP contribution is -2.14. The maximum atomic E-state index is 6.21. The number of hydrogen-bond donors (Lipinski definition) is 0. The Bertz CT molecular complexity index is 797. The third-order valence-corrected chi connectivity index (χ3v) is 5.10. The zero-order valence-electron chi connectivity index (χ0n) is 11.5. The number of hydrogen-bond acceptors (Lipinski definition) is 2. The average molecular weight is 344 g/mol. The molecule has 1 heterocycles. The second-order valence-corrected chi connectivity index (χ2v) is 6.96. The summed E-state index contributed by atoms with van der Waals surface area (Å²) in [7, 11) is 0. The molecule has 0 bridgehead atoms. The molecule has 0 spiro atoms. The molecule has 0 fully saturated rings. The molecule has 4 rings (SSSR count). The third kappa shape index (κ3) is 2.38. The Morgan fingerprint density at radius 2 is 1.18 bits per heavy atom. The van der Waals surface area contributed by atoms with E-state index < -0.39 is 0 Å². The van der Waals surface area contributed by atoms with Gasteiger partial charge in [0.2, 0.25) is 0 Å². The lowest BCUT2D eigenvalue weighted by molar-refractivity contribution is 1.17. The highest BCUT2D eigenvalue weighted by molar-refractivity contribution is 7.99. The normalized spacial score (nSPS) is 12.7. The topological polar surface area (TPSA) is 3.24 Å². The first-order valence-corrected chi connectivity index (χ1v) is 8.42. The highest BCUT2D eigenvalue weighted by Gasteiger charge is 2.24. The summed E-state index contributed by atoms with van der Waals surface area (Å²) >= 11 is 14.2. The molecule has 0 saturated heterocycles. The van der Waals surface area contributed by atoms with E-state index in [0.717, 1.165) is 17.1 Å². The van der Waals surface area contributed by atoms with E-state index in [2.05, 4.69) is 41.3 Å². The summed E-state index contributed by atoms with van der Waals surface area (Å²) in [4.78, 5) is 4.65. The van der Waals surface area contributed by atoms with Crippen molar-refractivity contribution >= 4 is 52.0 Å². The minimum Gasteiger partial charge on any atom is -0.308 e. The fourth-order valence-electron chi connectivity index (χ4n) is 2.65. The highest BCUT2D eigenvalue weighted by Crippen LogP contribution is 2.51. The summed E-state index contributed by atoms with van der Waals surface area (Å²) in [6, 6.07) is 22.4. The summed E-state index contributed by atoms with van der Waals surface area (Å²) in [5, 5.41) is 1.27. The molecule has 3 aromatic rings. The number of para-hydroxylation sites is 2. The molecule has 1 nitrogen and oxygen atoms in total. The van der Waals surface area contributed by atoms with Crippen LogP contribution in [0.3, 0.4) is 0 Å². The molecule has 0 aliphatic carbocycles. The maximum Gasteiger partial charge on any atom is 0.0601 e. The first-order valence-electron chi connectivity index (χ1n) is 6.84. The zero-order chi connectivity index (χ0) is 15.1. The monoisotopic (exact) mass is 343 g/mol. The van der Waals surface area contributed by atoms with Crippen LogP contribution in [0.15, 0.2) is 76.5 Å². The van der Waals surface area contributed by atoms with Crippen molar-refractivity contribution in [2.24, 2.45) is 0 Å². The smallest absolute Gasteiger partial charge is 0.0601 e. The lowest BCUT2D eigenvalue weighted by atomic mass is 10.2. The number of nitrogens with zero attached hydrogens (tertiary/aromatic N) is 1. The first-order chi connectivity index (χ1) is 10.7. The molecule has 0 saturated carbocycles. The summed E-state index contributed by atoms with van der Waals surface area (Å²) in [5.74, 6) is 0. The Hall–Kier alpha value is -1.61. The molecule has 0 aromatic heterocycles. The second kappa shape index (κ2) is 5.54. The van der Waals surface area contributed by atoms with Crippen LogP contribution in [-0.2, 0) is 0 Å². The minimum atomic E-state index is 0.635. The van der Waals surface area contributed by atoms with Crippen molar-refractivity contribution in [2.75, 3.05) is 4.90 Å². The van der Waals surface area contributed by atoms with E-state index in [4.69, 9.17) is 23.2 Å². The minimum absolute atomic E-state index is 0.635. The number of halogens is 2. The van der Waals surface area contributed by atoms with Crippen LogP contribution in [0, 0.1) is 0 Å². The number of anilines is 3. The van der Waals surface area contributed by atoms with Crippen LogP contribution in [0.2, 0.25) is 10.0 Å². The maximum absolute atomic E-state index is 6.21. The Balaban J connectivity index is 1.98. The van der Waals surface area contributed by atoms with Gasteiger partial charge < -0.3 is 4.90 Å². The fourth-order valence-corrected chi connectivity index (χ4v) is 4.22. The van der Waals surface area contributed by atoms with Crippen molar-refractivity contribution in [1.29, 1.82) is 0 Å².